The van der Waals surface area contributed by atoms with Gasteiger partial charge in [-0.15, -0.1) is 0 Å². The number of nitrogens with one attached hydrogen (secondary N) is 2. The van der Waals surface area contributed by atoms with E-state index in [1.807, 2.05) is 0 Å². The molecular weight excluding hydrogens is 556 g/mol. The van der Waals surface area contributed by atoms with Crippen LogP contribution in [0.1, 0.15) is 65.0 Å². The number of rotatable bonds is 8. The van der Waals surface area contributed by atoms with Gasteiger partial charge in [0.2, 0.25) is 10.0 Å². The predicted octanol–water partition coefficient (Wildman–Crippen LogP) is 2.91. The number of halogens is 1. The Labute approximate surface area is 237 Å². The maximum absolute atomic E-state index is 14.2. The van der Waals surface area contributed by atoms with Gasteiger partial charge >= 0.3 is 0 Å². The van der Waals surface area contributed by atoms with E-state index < -0.39 is 40.0 Å². The molecule has 5 rings (SSSR count). The Kier molecular flexibility index (Phi) is 8.40. The molecule has 2 aromatic carbocycles. The molecule has 0 radical (unpaired) electrons. The number of fused-ring (bicyclic) bond motifs is 1. The van der Waals surface area contributed by atoms with Crippen molar-refractivity contribution in [3.8, 4) is 0 Å². The highest BCUT2D eigenvalue weighted by atomic mass is 35.5. The van der Waals surface area contributed by atoms with Gasteiger partial charge in [-0.3, -0.25) is 14.4 Å². The molecule has 2 aliphatic rings. The van der Waals surface area contributed by atoms with E-state index in [1.54, 1.807) is 53.4 Å². The molecule has 40 heavy (non-hydrogen) atoms. The largest absolute Gasteiger partial charge is 0.326 e. The number of amides is 2. The second-order valence-electron chi connectivity index (χ2n) is 9.93. The molecule has 0 saturated heterocycles. The summed E-state index contributed by atoms with van der Waals surface area (Å²) in [6.45, 7) is -0.0835. The molecule has 0 unspecified atom stereocenters. The summed E-state index contributed by atoms with van der Waals surface area (Å²) < 4.78 is 27.3. The van der Waals surface area contributed by atoms with Gasteiger partial charge in [0.1, 0.15) is 19.3 Å². The highest BCUT2D eigenvalue weighted by Gasteiger charge is 2.49. The highest BCUT2D eigenvalue weighted by molar-refractivity contribution is 7.88. The molecule has 210 valence electrons. The van der Waals surface area contributed by atoms with E-state index in [-0.39, 0.29) is 12.5 Å². The Morgan fingerprint density at radius 2 is 1.77 bits per heavy atom. The zero-order valence-electron chi connectivity index (χ0n) is 21.7. The Balaban J connectivity index is 1.57. The zero-order chi connectivity index (χ0) is 28.3. The zero-order valence-corrected chi connectivity index (χ0v) is 23.3. The number of aromatic nitrogens is 3. The van der Waals surface area contributed by atoms with Gasteiger partial charge < -0.3 is 4.90 Å². The van der Waals surface area contributed by atoms with Crippen LogP contribution in [0.5, 0.6) is 0 Å². The van der Waals surface area contributed by atoms with E-state index >= 15 is 0 Å². The molecule has 4 atom stereocenters. The third kappa shape index (κ3) is 6.15. The van der Waals surface area contributed by atoms with Crippen LogP contribution in [-0.4, -0.2) is 58.4 Å². The number of hydroxylamine groups is 1. The third-order valence-electron chi connectivity index (χ3n) is 7.24. The molecule has 1 aromatic heterocycles. The minimum absolute atomic E-state index is 0.0835. The summed E-state index contributed by atoms with van der Waals surface area (Å²) in [5.41, 5.74) is 4.15. The maximum Gasteiger partial charge on any atom is 0.255 e. The Morgan fingerprint density at radius 1 is 1.07 bits per heavy atom. The topological polar surface area (TPSA) is 143 Å². The van der Waals surface area contributed by atoms with Crippen molar-refractivity contribution in [3.63, 3.8) is 0 Å². The third-order valence-corrected chi connectivity index (χ3v) is 8.23. The van der Waals surface area contributed by atoms with E-state index in [9.17, 15) is 18.0 Å². The Hall–Kier alpha value is -3.45. The van der Waals surface area contributed by atoms with Gasteiger partial charge in [-0.1, -0.05) is 54.8 Å². The van der Waals surface area contributed by atoms with Crippen LogP contribution in [0.25, 0.3) is 0 Å². The van der Waals surface area contributed by atoms with Crippen molar-refractivity contribution < 1.29 is 22.8 Å². The molecule has 0 spiro atoms. The van der Waals surface area contributed by atoms with E-state index in [0.29, 0.717) is 40.4 Å². The van der Waals surface area contributed by atoms with Crippen molar-refractivity contribution in [1.82, 2.24) is 30.1 Å². The molecule has 13 heteroatoms. The van der Waals surface area contributed by atoms with Gasteiger partial charge in [-0.25, -0.2) is 33.6 Å². The summed E-state index contributed by atoms with van der Waals surface area (Å²) in [5.74, 6) is -1.27. The summed E-state index contributed by atoms with van der Waals surface area (Å²) in [7, 11) is -3.55. The summed E-state index contributed by atoms with van der Waals surface area (Å²) in [4.78, 5) is 47.0. The van der Waals surface area contributed by atoms with Crippen LogP contribution in [0.2, 0.25) is 5.02 Å². The lowest BCUT2D eigenvalue weighted by molar-refractivity contribution is -0.138. The first-order valence-corrected chi connectivity index (χ1v) is 15.2. The first kappa shape index (κ1) is 28.1. The van der Waals surface area contributed by atoms with Gasteiger partial charge in [0, 0.05) is 22.7 Å². The van der Waals surface area contributed by atoms with Crippen LogP contribution < -0.4 is 10.2 Å². The number of carbonyl (C=O) groups is 2. The Bertz CT molecular complexity index is 1470. The van der Waals surface area contributed by atoms with E-state index in [2.05, 4.69) is 25.2 Å². The molecule has 2 heterocycles. The molecule has 2 amide bonds. The van der Waals surface area contributed by atoms with Crippen LogP contribution >= 0.6 is 11.6 Å². The lowest BCUT2D eigenvalue weighted by Crippen LogP contribution is -2.59. The number of carbonyl (C=O) groups excluding carboxylic acids is 2. The SMILES string of the molecule is CS(=O)(=O)N[C@H]1CCCC[C@@H]1N1C(=O)c2ccccc2[C@@H](C(=O)NOCc2ncncn2)[C@@H]1c1ccc(Cl)cc1. The van der Waals surface area contributed by atoms with E-state index in [4.69, 9.17) is 16.4 Å². The summed E-state index contributed by atoms with van der Waals surface area (Å²) in [6.07, 6.45) is 6.56. The summed E-state index contributed by atoms with van der Waals surface area (Å²) in [6, 6.07) is 12.2. The molecule has 1 saturated carbocycles. The minimum atomic E-state index is -3.55. The number of hydrogen-bond donors (Lipinski definition) is 2. The molecule has 11 nitrogen and oxygen atoms in total. The van der Waals surface area contributed by atoms with Crippen LogP contribution in [-0.2, 0) is 26.3 Å². The monoisotopic (exact) mass is 584 g/mol. The van der Waals surface area contributed by atoms with Crippen LogP contribution in [0, 0.1) is 0 Å². The van der Waals surface area contributed by atoms with Gasteiger partial charge in [-0.2, -0.15) is 0 Å². The fourth-order valence-corrected chi connectivity index (χ4v) is 6.59. The lowest BCUT2D eigenvalue weighted by Gasteiger charge is -2.49. The van der Waals surface area contributed by atoms with Gasteiger partial charge in [-0.05, 0) is 42.2 Å². The first-order chi connectivity index (χ1) is 19.2. The quantitative estimate of drug-likeness (QED) is 0.385. The van der Waals surface area contributed by atoms with Crippen molar-refractivity contribution in [2.45, 2.75) is 56.3 Å². The highest BCUT2D eigenvalue weighted by Crippen LogP contribution is 2.46. The van der Waals surface area contributed by atoms with Gasteiger partial charge in [0.05, 0.1) is 18.2 Å². The summed E-state index contributed by atoms with van der Waals surface area (Å²) in [5, 5.41) is 0.508. The second kappa shape index (κ2) is 12.0. The molecular formula is C27H29ClN6O5S. The predicted molar refractivity (Wildman–Crippen MR) is 146 cm³/mol. The van der Waals surface area contributed by atoms with Crippen molar-refractivity contribution in [2.75, 3.05) is 6.26 Å². The standard InChI is InChI=1S/C27H29ClN6O5S/c1-40(37,38)33-21-8-4-5-9-22(21)34-25(17-10-12-18(28)13-11-17)24(19-6-2-3-7-20(19)27(34)36)26(35)32-39-14-23-30-15-29-16-31-23/h2-3,6-7,10-13,15-16,21-22,24-25,33H,4-5,8-9,14H2,1H3,(H,32,35)/t21-,22-,24+,25-/m0/s1. The maximum atomic E-state index is 14.2. The van der Waals surface area contributed by atoms with Crippen molar-refractivity contribution in [2.24, 2.45) is 0 Å². The smallest absolute Gasteiger partial charge is 0.255 e. The van der Waals surface area contributed by atoms with Gasteiger partial charge in [0.15, 0.2) is 5.82 Å². The average Bonchev–Trinajstić information content (AvgIpc) is 2.94. The molecule has 2 N–H and O–H groups in total. The summed E-state index contributed by atoms with van der Waals surface area (Å²) >= 11 is 6.19. The number of hydrogen-bond acceptors (Lipinski definition) is 8. The molecule has 3 aromatic rings. The molecule has 1 fully saturated rings. The fourth-order valence-electron chi connectivity index (χ4n) is 5.64. The molecule has 0 bridgehead atoms. The minimum Gasteiger partial charge on any atom is -0.326 e. The van der Waals surface area contributed by atoms with E-state index in [0.717, 1.165) is 19.1 Å². The van der Waals surface area contributed by atoms with E-state index in [1.165, 1.54) is 12.7 Å². The van der Waals surface area contributed by atoms with Crippen molar-refractivity contribution in [1.29, 1.82) is 0 Å². The van der Waals surface area contributed by atoms with Gasteiger partial charge in [0.25, 0.3) is 11.8 Å². The molecule has 1 aliphatic carbocycles. The van der Waals surface area contributed by atoms with Crippen LogP contribution in [0.15, 0.2) is 61.2 Å². The average molecular weight is 585 g/mol. The Morgan fingerprint density at radius 3 is 2.50 bits per heavy atom. The van der Waals surface area contributed by atoms with Crippen molar-refractivity contribution >= 4 is 33.4 Å². The first-order valence-electron chi connectivity index (χ1n) is 12.9. The lowest BCUT2D eigenvalue weighted by atomic mass is 9.76. The second-order valence-corrected chi connectivity index (χ2v) is 12.1. The number of benzene rings is 2. The van der Waals surface area contributed by atoms with Crippen LogP contribution in [0.4, 0.5) is 0 Å². The number of nitrogens with zero attached hydrogens (tertiary/aromatic N) is 4. The number of sulfonamides is 1. The van der Waals surface area contributed by atoms with Crippen molar-refractivity contribution in [3.05, 3.63) is 88.7 Å². The molecule has 1 aliphatic heterocycles. The normalized spacial score (nSPS) is 22.9. The van der Waals surface area contributed by atoms with Crippen LogP contribution in [0.3, 0.4) is 0 Å². The fraction of sp³-hybridized carbons (Fsp3) is 0.370.